The Morgan fingerprint density at radius 2 is 2.25 bits per heavy atom. The molecule has 2 aromatic heterocycles. The molecule has 5 nitrogen and oxygen atoms in total. The highest BCUT2D eigenvalue weighted by Gasteiger charge is 2.06. The third-order valence-corrected chi connectivity index (χ3v) is 2.61. The highest BCUT2D eigenvalue weighted by Crippen LogP contribution is 2.12. The summed E-state index contributed by atoms with van der Waals surface area (Å²) in [4.78, 5) is 11.7. The SMILES string of the molecule is COC(C)CCc1nc2nc(N)ccc2[nH]1. The van der Waals surface area contributed by atoms with Gasteiger partial charge in [0.2, 0.25) is 0 Å². The number of pyridine rings is 1. The van der Waals surface area contributed by atoms with E-state index in [0.717, 1.165) is 24.2 Å². The fourth-order valence-corrected chi connectivity index (χ4v) is 1.53. The first kappa shape index (κ1) is 10.9. The number of hydrogen-bond acceptors (Lipinski definition) is 4. The van der Waals surface area contributed by atoms with Crippen molar-refractivity contribution in [2.75, 3.05) is 12.8 Å². The van der Waals surface area contributed by atoms with E-state index in [4.69, 9.17) is 10.5 Å². The number of aromatic amines is 1. The number of ether oxygens (including phenoxy) is 1. The zero-order chi connectivity index (χ0) is 11.5. The molecule has 0 aliphatic rings. The molecule has 0 aliphatic carbocycles. The smallest absolute Gasteiger partial charge is 0.179 e. The molecule has 2 heterocycles. The van der Waals surface area contributed by atoms with Crippen molar-refractivity contribution < 1.29 is 4.74 Å². The van der Waals surface area contributed by atoms with Gasteiger partial charge in [-0.25, -0.2) is 9.97 Å². The Kier molecular flexibility index (Phi) is 3.05. The fraction of sp³-hybridized carbons (Fsp3) is 0.455. The Labute approximate surface area is 94.0 Å². The van der Waals surface area contributed by atoms with Gasteiger partial charge in [0.05, 0.1) is 11.6 Å². The van der Waals surface area contributed by atoms with Gasteiger partial charge in [-0.05, 0) is 25.5 Å². The Bertz CT molecular complexity index is 480. The van der Waals surface area contributed by atoms with Gasteiger partial charge in [0.15, 0.2) is 5.65 Å². The standard InChI is InChI=1S/C11H16N4O/c1-7(16-2)3-6-10-13-8-4-5-9(12)14-11(8)15-10/h4-5,7H,3,6H2,1-2H3,(H3,12,13,14,15). The average molecular weight is 220 g/mol. The Balaban J connectivity index is 2.13. The molecule has 0 bridgehead atoms. The normalized spacial score (nSPS) is 13.1. The summed E-state index contributed by atoms with van der Waals surface area (Å²) in [6.45, 7) is 2.04. The Morgan fingerprint density at radius 3 is 3.00 bits per heavy atom. The summed E-state index contributed by atoms with van der Waals surface area (Å²) in [5.74, 6) is 1.42. The lowest BCUT2D eigenvalue weighted by Crippen LogP contribution is -2.06. The van der Waals surface area contributed by atoms with E-state index in [1.165, 1.54) is 0 Å². The van der Waals surface area contributed by atoms with Gasteiger partial charge in [0.1, 0.15) is 11.6 Å². The van der Waals surface area contributed by atoms with Crippen LogP contribution in [-0.2, 0) is 11.2 Å². The summed E-state index contributed by atoms with van der Waals surface area (Å²) in [6.07, 6.45) is 2.03. The molecule has 16 heavy (non-hydrogen) atoms. The van der Waals surface area contributed by atoms with Gasteiger partial charge >= 0.3 is 0 Å². The zero-order valence-corrected chi connectivity index (χ0v) is 9.53. The number of hydrogen-bond donors (Lipinski definition) is 2. The van der Waals surface area contributed by atoms with Crippen LogP contribution in [0.4, 0.5) is 5.82 Å². The van der Waals surface area contributed by atoms with Gasteiger partial charge in [-0.1, -0.05) is 0 Å². The molecule has 0 fully saturated rings. The molecule has 0 spiro atoms. The van der Waals surface area contributed by atoms with E-state index in [9.17, 15) is 0 Å². The van der Waals surface area contributed by atoms with Gasteiger partial charge in [-0.15, -0.1) is 0 Å². The van der Waals surface area contributed by atoms with E-state index in [-0.39, 0.29) is 6.10 Å². The maximum Gasteiger partial charge on any atom is 0.179 e. The summed E-state index contributed by atoms with van der Waals surface area (Å²) >= 11 is 0. The maximum atomic E-state index is 5.59. The second-order valence-corrected chi connectivity index (χ2v) is 3.88. The summed E-state index contributed by atoms with van der Waals surface area (Å²) in [5, 5.41) is 0. The summed E-state index contributed by atoms with van der Waals surface area (Å²) in [6, 6.07) is 3.66. The van der Waals surface area contributed by atoms with Crippen LogP contribution in [0.1, 0.15) is 19.2 Å². The number of imidazole rings is 1. The number of fused-ring (bicyclic) bond motifs is 1. The molecule has 2 rings (SSSR count). The Hall–Kier alpha value is -1.62. The molecule has 0 aliphatic heterocycles. The van der Waals surface area contributed by atoms with Gasteiger partial charge in [0.25, 0.3) is 0 Å². The monoisotopic (exact) mass is 220 g/mol. The van der Waals surface area contributed by atoms with Crippen molar-refractivity contribution in [3.8, 4) is 0 Å². The molecule has 5 heteroatoms. The van der Waals surface area contributed by atoms with Gasteiger partial charge in [-0.3, -0.25) is 0 Å². The largest absolute Gasteiger partial charge is 0.384 e. The van der Waals surface area contributed by atoms with Crippen molar-refractivity contribution in [1.29, 1.82) is 0 Å². The van der Waals surface area contributed by atoms with E-state index in [1.54, 1.807) is 13.2 Å². The molecule has 0 aromatic carbocycles. The number of aryl methyl sites for hydroxylation is 1. The van der Waals surface area contributed by atoms with Crippen LogP contribution < -0.4 is 5.73 Å². The van der Waals surface area contributed by atoms with Crippen molar-refractivity contribution in [3.63, 3.8) is 0 Å². The van der Waals surface area contributed by atoms with Crippen LogP contribution in [0.5, 0.6) is 0 Å². The molecule has 1 unspecified atom stereocenters. The van der Waals surface area contributed by atoms with E-state index in [0.29, 0.717) is 11.5 Å². The summed E-state index contributed by atoms with van der Waals surface area (Å²) in [7, 11) is 1.71. The van der Waals surface area contributed by atoms with Crippen LogP contribution in [0.3, 0.4) is 0 Å². The number of nitrogens with two attached hydrogens (primary N) is 1. The minimum atomic E-state index is 0.242. The second kappa shape index (κ2) is 4.49. The minimum absolute atomic E-state index is 0.242. The third kappa shape index (κ3) is 2.30. The topological polar surface area (TPSA) is 76.8 Å². The quantitative estimate of drug-likeness (QED) is 0.818. The average Bonchev–Trinajstić information content (AvgIpc) is 2.67. The number of aromatic nitrogens is 3. The van der Waals surface area contributed by atoms with Gasteiger partial charge in [-0.2, -0.15) is 0 Å². The third-order valence-electron chi connectivity index (χ3n) is 2.61. The molecule has 0 saturated heterocycles. The molecule has 0 saturated carbocycles. The second-order valence-electron chi connectivity index (χ2n) is 3.88. The molecular weight excluding hydrogens is 204 g/mol. The molecule has 86 valence electrons. The van der Waals surface area contributed by atoms with E-state index >= 15 is 0 Å². The van der Waals surface area contributed by atoms with E-state index < -0.39 is 0 Å². The number of nitrogens with one attached hydrogen (secondary N) is 1. The Morgan fingerprint density at radius 1 is 1.44 bits per heavy atom. The van der Waals surface area contributed by atoms with Crippen LogP contribution in [0.2, 0.25) is 0 Å². The van der Waals surface area contributed by atoms with E-state index in [2.05, 4.69) is 15.0 Å². The lowest BCUT2D eigenvalue weighted by atomic mass is 10.2. The molecule has 1 atom stereocenters. The van der Waals surface area contributed by atoms with Gasteiger partial charge in [0, 0.05) is 13.5 Å². The number of rotatable bonds is 4. The van der Waals surface area contributed by atoms with Crippen molar-refractivity contribution >= 4 is 17.0 Å². The summed E-state index contributed by atoms with van der Waals surface area (Å²) < 4.78 is 5.19. The van der Waals surface area contributed by atoms with Crippen LogP contribution in [0, 0.1) is 0 Å². The number of anilines is 1. The van der Waals surface area contributed by atoms with Gasteiger partial charge < -0.3 is 15.5 Å². The molecule has 0 amide bonds. The van der Waals surface area contributed by atoms with Crippen LogP contribution in [-0.4, -0.2) is 28.2 Å². The summed E-state index contributed by atoms with van der Waals surface area (Å²) in [5.41, 5.74) is 7.20. The fourth-order valence-electron chi connectivity index (χ4n) is 1.53. The molecule has 2 aromatic rings. The van der Waals surface area contributed by atoms with Crippen LogP contribution in [0.25, 0.3) is 11.2 Å². The highest BCUT2D eigenvalue weighted by atomic mass is 16.5. The highest BCUT2D eigenvalue weighted by molar-refractivity contribution is 5.72. The molecule has 0 radical (unpaired) electrons. The first-order valence-corrected chi connectivity index (χ1v) is 5.33. The minimum Gasteiger partial charge on any atom is -0.384 e. The van der Waals surface area contributed by atoms with Crippen molar-refractivity contribution in [1.82, 2.24) is 15.0 Å². The van der Waals surface area contributed by atoms with Crippen LogP contribution >= 0.6 is 0 Å². The number of H-pyrrole nitrogens is 1. The van der Waals surface area contributed by atoms with Crippen molar-refractivity contribution in [3.05, 3.63) is 18.0 Å². The van der Waals surface area contributed by atoms with Crippen molar-refractivity contribution in [2.24, 2.45) is 0 Å². The first-order chi connectivity index (χ1) is 7.69. The van der Waals surface area contributed by atoms with E-state index in [1.807, 2.05) is 13.0 Å². The first-order valence-electron chi connectivity index (χ1n) is 5.33. The predicted molar refractivity (Wildman–Crippen MR) is 63.1 cm³/mol. The lowest BCUT2D eigenvalue weighted by molar-refractivity contribution is 0.111. The maximum absolute atomic E-state index is 5.59. The molecule has 3 N–H and O–H groups in total. The van der Waals surface area contributed by atoms with Crippen molar-refractivity contribution in [2.45, 2.75) is 25.9 Å². The number of methoxy groups -OCH3 is 1. The number of nitrogen functional groups attached to an aromatic ring is 1. The van der Waals surface area contributed by atoms with Crippen LogP contribution in [0.15, 0.2) is 12.1 Å². The lowest BCUT2D eigenvalue weighted by Gasteiger charge is -2.06. The molecular formula is C11H16N4O. The number of nitrogens with zero attached hydrogens (tertiary/aromatic N) is 2. The predicted octanol–water partition coefficient (Wildman–Crippen LogP) is 1.51. The zero-order valence-electron chi connectivity index (χ0n) is 9.53.